The SMILES string of the molecule is COC1(c2ccc(Br)cc2)CN(C(=O)OC(C)(C)C)C1. The molecule has 0 radical (unpaired) electrons. The Bertz CT molecular complexity index is 487. The number of amides is 1. The van der Waals surface area contributed by atoms with Gasteiger partial charge in [0, 0.05) is 11.6 Å². The fourth-order valence-corrected chi connectivity index (χ4v) is 2.47. The maximum Gasteiger partial charge on any atom is 0.410 e. The van der Waals surface area contributed by atoms with E-state index in [1.807, 2.05) is 45.0 Å². The number of methoxy groups -OCH3 is 1. The van der Waals surface area contributed by atoms with Crippen LogP contribution >= 0.6 is 15.9 Å². The summed E-state index contributed by atoms with van der Waals surface area (Å²) in [6.45, 7) is 6.62. The maximum absolute atomic E-state index is 12.0. The summed E-state index contributed by atoms with van der Waals surface area (Å²) in [7, 11) is 1.68. The molecule has 0 aliphatic carbocycles. The average Bonchev–Trinajstić information content (AvgIpc) is 2.28. The minimum atomic E-state index is -0.472. The number of halogens is 1. The Balaban J connectivity index is 2.04. The molecule has 20 heavy (non-hydrogen) atoms. The molecule has 1 amide bonds. The molecule has 0 aromatic heterocycles. The normalized spacial score (nSPS) is 17.6. The quantitative estimate of drug-likeness (QED) is 0.825. The van der Waals surface area contributed by atoms with Gasteiger partial charge in [-0.25, -0.2) is 4.79 Å². The molecule has 1 heterocycles. The number of hydrogen-bond acceptors (Lipinski definition) is 3. The lowest BCUT2D eigenvalue weighted by Gasteiger charge is -2.49. The van der Waals surface area contributed by atoms with Gasteiger partial charge in [0.1, 0.15) is 11.2 Å². The summed E-state index contributed by atoms with van der Waals surface area (Å²) in [6.07, 6.45) is -0.290. The molecule has 0 saturated carbocycles. The van der Waals surface area contributed by atoms with Crippen LogP contribution in [0.2, 0.25) is 0 Å². The van der Waals surface area contributed by atoms with Gasteiger partial charge in [-0.1, -0.05) is 28.1 Å². The summed E-state index contributed by atoms with van der Waals surface area (Å²) < 4.78 is 12.0. The molecule has 4 nitrogen and oxygen atoms in total. The fraction of sp³-hybridized carbons (Fsp3) is 0.533. The van der Waals surface area contributed by atoms with Crippen molar-refractivity contribution in [2.45, 2.75) is 32.0 Å². The van der Waals surface area contributed by atoms with Crippen LogP contribution in [0.5, 0.6) is 0 Å². The Labute approximate surface area is 128 Å². The summed E-state index contributed by atoms with van der Waals surface area (Å²) >= 11 is 3.42. The van der Waals surface area contributed by atoms with Crippen molar-refractivity contribution < 1.29 is 14.3 Å². The molecule has 2 rings (SSSR count). The van der Waals surface area contributed by atoms with Crippen molar-refractivity contribution in [2.75, 3.05) is 20.2 Å². The standard InChI is InChI=1S/C15H20BrNO3/c1-14(2,3)20-13(18)17-9-15(10-17,19-4)11-5-7-12(16)8-6-11/h5-8H,9-10H2,1-4H3. The molecule has 1 saturated heterocycles. The topological polar surface area (TPSA) is 38.8 Å². The third-order valence-electron chi connectivity index (χ3n) is 3.31. The molecular formula is C15H20BrNO3. The third-order valence-corrected chi connectivity index (χ3v) is 3.83. The predicted octanol–water partition coefficient (Wildman–Crippen LogP) is 3.54. The van der Waals surface area contributed by atoms with Gasteiger partial charge < -0.3 is 14.4 Å². The predicted molar refractivity (Wildman–Crippen MR) is 80.6 cm³/mol. The lowest BCUT2D eigenvalue weighted by Crippen LogP contribution is -2.62. The van der Waals surface area contributed by atoms with E-state index in [2.05, 4.69) is 15.9 Å². The molecule has 110 valence electrons. The molecule has 1 aliphatic heterocycles. The van der Waals surface area contributed by atoms with Crippen molar-refractivity contribution in [2.24, 2.45) is 0 Å². The second-order valence-corrected chi connectivity index (χ2v) is 6.96. The van der Waals surface area contributed by atoms with Crippen LogP contribution in [0.25, 0.3) is 0 Å². The van der Waals surface area contributed by atoms with E-state index in [0.29, 0.717) is 13.1 Å². The van der Waals surface area contributed by atoms with Gasteiger partial charge in [0.25, 0.3) is 0 Å². The highest BCUT2D eigenvalue weighted by Crippen LogP contribution is 2.36. The largest absolute Gasteiger partial charge is 0.444 e. The summed E-state index contributed by atoms with van der Waals surface area (Å²) in [5.41, 5.74) is 0.181. The molecule has 0 N–H and O–H groups in total. The first-order valence-corrected chi connectivity index (χ1v) is 7.34. The zero-order valence-corrected chi connectivity index (χ0v) is 13.9. The maximum atomic E-state index is 12.0. The first-order chi connectivity index (χ1) is 9.26. The number of likely N-dealkylation sites (tertiary alicyclic amines) is 1. The van der Waals surface area contributed by atoms with Gasteiger partial charge in [-0.15, -0.1) is 0 Å². The van der Waals surface area contributed by atoms with Crippen LogP contribution in [0.15, 0.2) is 28.7 Å². The van der Waals surface area contributed by atoms with Gasteiger partial charge in [-0.2, -0.15) is 0 Å². The molecule has 1 aromatic carbocycles. The fourth-order valence-electron chi connectivity index (χ4n) is 2.21. The minimum absolute atomic E-state index is 0.290. The number of carbonyl (C=O) groups is 1. The molecule has 0 spiro atoms. The van der Waals surface area contributed by atoms with Crippen LogP contribution in [-0.2, 0) is 15.1 Å². The smallest absolute Gasteiger partial charge is 0.410 e. The Hall–Kier alpha value is -1.07. The third kappa shape index (κ3) is 3.15. The Morgan fingerprint density at radius 3 is 2.25 bits per heavy atom. The first-order valence-electron chi connectivity index (χ1n) is 6.55. The molecule has 0 unspecified atom stereocenters. The van der Waals surface area contributed by atoms with E-state index >= 15 is 0 Å². The van der Waals surface area contributed by atoms with Crippen LogP contribution in [0.1, 0.15) is 26.3 Å². The highest BCUT2D eigenvalue weighted by molar-refractivity contribution is 9.10. The zero-order chi connectivity index (χ0) is 15.0. The van der Waals surface area contributed by atoms with Crippen LogP contribution in [0.4, 0.5) is 4.79 Å². The molecule has 5 heteroatoms. The van der Waals surface area contributed by atoms with Gasteiger partial charge in [-0.05, 0) is 38.5 Å². The lowest BCUT2D eigenvalue weighted by molar-refractivity contribution is -0.127. The summed E-state index contributed by atoms with van der Waals surface area (Å²) in [5, 5.41) is 0. The summed E-state index contributed by atoms with van der Waals surface area (Å²) in [4.78, 5) is 13.6. The monoisotopic (exact) mass is 341 g/mol. The van der Waals surface area contributed by atoms with Gasteiger partial charge in [-0.3, -0.25) is 0 Å². The van der Waals surface area contributed by atoms with E-state index in [-0.39, 0.29) is 6.09 Å². The number of rotatable bonds is 2. The minimum Gasteiger partial charge on any atom is -0.444 e. The summed E-state index contributed by atoms with van der Waals surface area (Å²) in [6, 6.07) is 7.98. The number of benzene rings is 1. The van der Waals surface area contributed by atoms with E-state index < -0.39 is 11.2 Å². The van der Waals surface area contributed by atoms with Crippen molar-refractivity contribution in [3.8, 4) is 0 Å². The van der Waals surface area contributed by atoms with Crippen LogP contribution < -0.4 is 0 Å². The van der Waals surface area contributed by atoms with E-state index in [1.54, 1.807) is 12.0 Å². The van der Waals surface area contributed by atoms with Crippen molar-refractivity contribution in [1.82, 2.24) is 4.90 Å². The molecule has 0 bridgehead atoms. The van der Waals surface area contributed by atoms with Crippen molar-refractivity contribution in [1.29, 1.82) is 0 Å². The van der Waals surface area contributed by atoms with Crippen molar-refractivity contribution in [3.05, 3.63) is 34.3 Å². The Kier molecular flexibility index (Phi) is 4.12. The van der Waals surface area contributed by atoms with E-state index in [0.717, 1.165) is 10.0 Å². The Morgan fingerprint density at radius 2 is 1.80 bits per heavy atom. The number of nitrogens with zero attached hydrogens (tertiary/aromatic N) is 1. The van der Waals surface area contributed by atoms with Crippen LogP contribution in [-0.4, -0.2) is 36.8 Å². The van der Waals surface area contributed by atoms with Gasteiger partial charge in [0.15, 0.2) is 0 Å². The number of ether oxygens (including phenoxy) is 2. The van der Waals surface area contributed by atoms with Crippen LogP contribution in [0.3, 0.4) is 0 Å². The lowest BCUT2D eigenvalue weighted by atomic mass is 9.86. The molecular weight excluding hydrogens is 322 g/mol. The van der Waals surface area contributed by atoms with E-state index in [4.69, 9.17) is 9.47 Å². The van der Waals surface area contributed by atoms with Crippen LogP contribution in [0, 0.1) is 0 Å². The second-order valence-electron chi connectivity index (χ2n) is 6.04. The molecule has 0 atom stereocenters. The van der Waals surface area contributed by atoms with Gasteiger partial charge in [0.05, 0.1) is 13.1 Å². The number of hydrogen-bond donors (Lipinski definition) is 0. The van der Waals surface area contributed by atoms with E-state index in [1.165, 1.54) is 0 Å². The van der Waals surface area contributed by atoms with Gasteiger partial charge in [0.2, 0.25) is 0 Å². The van der Waals surface area contributed by atoms with Crippen molar-refractivity contribution >= 4 is 22.0 Å². The molecule has 1 aliphatic rings. The zero-order valence-electron chi connectivity index (χ0n) is 12.3. The molecule has 1 aromatic rings. The van der Waals surface area contributed by atoms with Crippen molar-refractivity contribution in [3.63, 3.8) is 0 Å². The number of carbonyl (C=O) groups excluding carboxylic acids is 1. The Morgan fingerprint density at radius 1 is 1.25 bits per heavy atom. The summed E-state index contributed by atoms with van der Waals surface area (Å²) in [5.74, 6) is 0. The van der Waals surface area contributed by atoms with Gasteiger partial charge >= 0.3 is 6.09 Å². The highest BCUT2D eigenvalue weighted by Gasteiger charge is 2.48. The van der Waals surface area contributed by atoms with E-state index in [9.17, 15) is 4.79 Å². The highest BCUT2D eigenvalue weighted by atomic mass is 79.9. The second kappa shape index (κ2) is 5.37. The first kappa shape index (κ1) is 15.3. The average molecular weight is 342 g/mol. The molecule has 1 fully saturated rings.